The highest BCUT2D eigenvalue weighted by Gasteiger charge is 2.48. The van der Waals surface area contributed by atoms with Gasteiger partial charge in [0.15, 0.2) is 5.79 Å². The quantitative estimate of drug-likeness (QED) is 0.476. The molecule has 9 unspecified atom stereocenters. The van der Waals surface area contributed by atoms with Crippen molar-refractivity contribution in [2.45, 2.75) is 101 Å². The summed E-state index contributed by atoms with van der Waals surface area (Å²) < 4.78 is 17.2. The first-order valence-electron chi connectivity index (χ1n) is 12.3. The van der Waals surface area contributed by atoms with Gasteiger partial charge in [0, 0.05) is 31.8 Å². The number of carbonyl (C=O) groups excluding carboxylic acids is 1. The summed E-state index contributed by atoms with van der Waals surface area (Å²) in [6.45, 7) is 3.54. The Morgan fingerprint density at radius 1 is 0.971 bits per heavy atom. The number of ether oxygens (including phenoxy) is 3. The first kappa shape index (κ1) is 27.0. The van der Waals surface area contributed by atoms with Crippen LogP contribution in [0.5, 0.6) is 0 Å². The van der Waals surface area contributed by atoms with Crippen molar-refractivity contribution in [1.29, 1.82) is 0 Å². The first-order chi connectivity index (χ1) is 16.1. The van der Waals surface area contributed by atoms with Gasteiger partial charge >= 0.3 is 5.97 Å². The van der Waals surface area contributed by atoms with E-state index in [1.165, 1.54) is 0 Å². The number of rotatable bonds is 2. The Morgan fingerprint density at radius 3 is 2.29 bits per heavy atom. The van der Waals surface area contributed by atoms with E-state index < -0.39 is 60.7 Å². The predicted molar refractivity (Wildman–Crippen MR) is 125 cm³/mol. The van der Waals surface area contributed by atoms with E-state index in [1.54, 1.807) is 21.0 Å². The minimum absolute atomic E-state index is 0.0788. The van der Waals surface area contributed by atoms with Gasteiger partial charge in [-0.3, -0.25) is 4.79 Å². The first-order valence-corrected chi connectivity index (χ1v) is 12.3. The van der Waals surface area contributed by atoms with E-state index in [9.17, 15) is 25.2 Å². The van der Waals surface area contributed by atoms with Crippen molar-refractivity contribution in [2.75, 3.05) is 7.11 Å². The third-order valence-electron chi connectivity index (χ3n) is 7.42. The Hall–Kier alpha value is -1.55. The number of esters is 1. The Bertz CT molecular complexity index is 773. The Labute approximate surface area is 201 Å². The maximum atomic E-state index is 12.9. The standard InChI is InChI=1S/C26H40O8/c1-16-19(27)13-20(28)23(32-3)12-8-7-11-22(18-9-5-4-6-10-18)33-24(30)15-26(31)14-21(29)17(2)25(16)34-26/h4-6,9-10,16-17,19-23,25,27-29,31H,7-8,11-15H2,1-3H3. The van der Waals surface area contributed by atoms with E-state index >= 15 is 0 Å². The lowest BCUT2D eigenvalue weighted by Crippen LogP contribution is -2.55. The molecule has 3 rings (SSSR count). The molecule has 1 aromatic rings. The van der Waals surface area contributed by atoms with Crippen LogP contribution in [0.4, 0.5) is 0 Å². The summed E-state index contributed by atoms with van der Waals surface area (Å²) >= 11 is 0. The maximum Gasteiger partial charge on any atom is 0.311 e. The summed E-state index contributed by atoms with van der Waals surface area (Å²) in [5.41, 5.74) is 0.861. The van der Waals surface area contributed by atoms with E-state index in [1.807, 2.05) is 30.3 Å². The molecule has 2 bridgehead atoms. The molecule has 8 heteroatoms. The van der Waals surface area contributed by atoms with Crippen molar-refractivity contribution in [3.63, 3.8) is 0 Å². The normalized spacial score (nSPS) is 41.0. The minimum atomic E-state index is -1.91. The highest BCUT2D eigenvalue weighted by Crippen LogP contribution is 2.39. The van der Waals surface area contributed by atoms with E-state index in [4.69, 9.17) is 14.2 Å². The molecule has 0 aromatic heterocycles. The topological polar surface area (TPSA) is 126 Å². The Kier molecular flexibility index (Phi) is 9.49. The Morgan fingerprint density at radius 2 is 1.62 bits per heavy atom. The molecule has 0 radical (unpaired) electrons. The van der Waals surface area contributed by atoms with Crippen LogP contribution in [0.1, 0.15) is 70.5 Å². The monoisotopic (exact) mass is 480 g/mol. The molecule has 1 aromatic carbocycles. The molecule has 0 saturated carbocycles. The molecule has 0 spiro atoms. The third-order valence-corrected chi connectivity index (χ3v) is 7.42. The van der Waals surface area contributed by atoms with Gasteiger partial charge in [-0.05, 0) is 24.8 Å². The van der Waals surface area contributed by atoms with Crippen LogP contribution >= 0.6 is 0 Å². The van der Waals surface area contributed by atoms with E-state index in [-0.39, 0.29) is 18.8 Å². The number of fused-ring (bicyclic) bond motifs is 2. The van der Waals surface area contributed by atoms with Gasteiger partial charge in [-0.25, -0.2) is 0 Å². The number of aliphatic hydroxyl groups is 4. The van der Waals surface area contributed by atoms with Crippen molar-refractivity contribution in [3.8, 4) is 0 Å². The smallest absolute Gasteiger partial charge is 0.311 e. The largest absolute Gasteiger partial charge is 0.457 e. The van der Waals surface area contributed by atoms with E-state index in [0.29, 0.717) is 12.8 Å². The predicted octanol–water partition coefficient (Wildman–Crippen LogP) is 2.47. The van der Waals surface area contributed by atoms with Crippen molar-refractivity contribution < 1.29 is 39.4 Å². The van der Waals surface area contributed by atoms with Crippen LogP contribution in [-0.4, -0.2) is 69.8 Å². The highest BCUT2D eigenvalue weighted by atomic mass is 16.6. The zero-order chi connectivity index (χ0) is 24.9. The number of cyclic esters (lactones) is 1. The molecule has 0 aliphatic carbocycles. The number of hydrogen-bond donors (Lipinski definition) is 4. The lowest BCUT2D eigenvalue weighted by molar-refractivity contribution is -0.302. The van der Waals surface area contributed by atoms with Gasteiger partial charge < -0.3 is 34.6 Å². The van der Waals surface area contributed by atoms with E-state index in [0.717, 1.165) is 18.4 Å². The van der Waals surface area contributed by atoms with Crippen molar-refractivity contribution in [2.24, 2.45) is 11.8 Å². The molecule has 0 amide bonds. The SMILES string of the molecule is COC1CCCCC(c2ccccc2)OC(=O)CC2(O)CC(O)C(C)C(O2)C(C)C(O)CC1O. The zero-order valence-electron chi connectivity index (χ0n) is 20.4. The molecule has 2 aliphatic rings. The average Bonchev–Trinajstić information content (AvgIpc) is 2.79. The second-order valence-corrected chi connectivity index (χ2v) is 10.0. The lowest BCUT2D eigenvalue weighted by atomic mass is 9.79. The van der Waals surface area contributed by atoms with Crippen molar-refractivity contribution >= 4 is 5.97 Å². The number of carbonyl (C=O) groups is 1. The Balaban J connectivity index is 1.86. The summed E-state index contributed by atoms with van der Waals surface area (Å²) in [4.78, 5) is 12.9. The molecule has 8 nitrogen and oxygen atoms in total. The average molecular weight is 481 g/mol. The van der Waals surface area contributed by atoms with Gasteiger partial charge in [0.25, 0.3) is 0 Å². The van der Waals surface area contributed by atoms with Crippen molar-refractivity contribution in [1.82, 2.24) is 0 Å². The molecule has 9 atom stereocenters. The van der Waals surface area contributed by atoms with Gasteiger partial charge in [0.2, 0.25) is 0 Å². The van der Waals surface area contributed by atoms with Crippen LogP contribution in [0.25, 0.3) is 0 Å². The molecule has 2 aliphatic heterocycles. The van der Waals surface area contributed by atoms with Crippen LogP contribution in [0.15, 0.2) is 30.3 Å². The minimum Gasteiger partial charge on any atom is -0.457 e. The van der Waals surface area contributed by atoms with Crippen LogP contribution in [0.2, 0.25) is 0 Å². The molecule has 34 heavy (non-hydrogen) atoms. The highest BCUT2D eigenvalue weighted by molar-refractivity contribution is 5.70. The van der Waals surface area contributed by atoms with E-state index in [2.05, 4.69) is 0 Å². The second-order valence-electron chi connectivity index (χ2n) is 10.0. The van der Waals surface area contributed by atoms with Crippen LogP contribution in [0.3, 0.4) is 0 Å². The molecule has 2 saturated heterocycles. The molecule has 192 valence electrons. The molecular weight excluding hydrogens is 440 g/mol. The van der Waals surface area contributed by atoms with Crippen molar-refractivity contribution in [3.05, 3.63) is 35.9 Å². The fourth-order valence-electron chi connectivity index (χ4n) is 5.20. The number of benzene rings is 1. The maximum absolute atomic E-state index is 12.9. The zero-order valence-corrected chi connectivity index (χ0v) is 20.4. The van der Waals surface area contributed by atoms with Gasteiger partial charge in [0.05, 0.1) is 36.9 Å². The summed E-state index contributed by atoms with van der Waals surface area (Å²) in [6, 6.07) is 9.45. The molecule has 2 fully saturated rings. The van der Waals surface area contributed by atoms with Crippen LogP contribution in [-0.2, 0) is 19.0 Å². The summed E-state index contributed by atoms with van der Waals surface area (Å²) in [7, 11) is 1.54. The fraction of sp³-hybridized carbons (Fsp3) is 0.731. The summed E-state index contributed by atoms with van der Waals surface area (Å²) in [5.74, 6) is -3.41. The molecular formula is C26H40O8. The lowest BCUT2D eigenvalue weighted by Gasteiger charge is -2.46. The fourth-order valence-corrected chi connectivity index (χ4v) is 5.20. The van der Waals surface area contributed by atoms with Gasteiger partial charge in [0.1, 0.15) is 6.10 Å². The van der Waals surface area contributed by atoms with Gasteiger partial charge in [-0.2, -0.15) is 0 Å². The van der Waals surface area contributed by atoms with Gasteiger partial charge in [-0.15, -0.1) is 0 Å². The number of aliphatic hydroxyl groups excluding tert-OH is 3. The molecule has 2 heterocycles. The summed E-state index contributed by atoms with van der Waals surface area (Å²) in [5, 5.41) is 43.3. The number of hydrogen-bond acceptors (Lipinski definition) is 8. The third kappa shape index (κ3) is 6.77. The van der Waals surface area contributed by atoms with Gasteiger partial charge in [-0.1, -0.05) is 50.6 Å². The second kappa shape index (κ2) is 11.9. The summed E-state index contributed by atoms with van der Waals surface area (Å²) in [6.07, 6.45) is -2.21. The van der Waals surface area contributed by atoms with Crippen LogP contribution in [0, 0.1) is 11.8 Å². The molecule has 4 N–H and O–H groups in total. The van der Waals surface area contributed by atoms with Crippen LogP contribution < -0.4 is 0 Å². The number of methoxy groups -OCH3 is 1.